The van der Waals surface area contributed by atoms with Crippen molar-refractivity contribution in [3.63, 3.8) is 0 Å². The van der Waals surface area contributed by atoms with Crippen molar-refractivity contribution in [2.75, 3.05) is 6.54 Å². The molecule has 0 bridgehead atoms. The van der Waals surface area contributed by atoms with E-state index in [1.807, 2.05) is 24.3 Å². The predicted octanol–water partition coefficient (Wildman–Crippen LogP) is 1.48. The standard InChI is InChI=1S/C18H14N4O3/c23-16(19-9-15-20-13-7-3-4-8-14(13)21-15)10-22-17(24)11-5-1-2-6-12(11)18(22)25/h1-8H,9-10H2,(H,19,23)(H,20,21). The van der Waals surface area contributed by atoms with E-state index in [-0.39, 0.29) is 13.1 Å². The van der Waals surface area contributed by atoms with Gasteiger partial charge in [-0.3, -0.25) is 19.3 Å². The van der Waals surface area contributed by atoms with Gasteiger partial charge in [-0.05, 0) is 24.3 Å². The minimum Gasteiger partial charge on any atom is -0.347 e. The van der Waals surface area contributed by atoms with Crippen LogP contribution >= 0.6 is 0 Å². The van der Waals surface area contributed by atoms with Crippen molar-refractivity contribution >= 4 is 28.8 Å². The van der Waals surface area contributed by atoms with Crippen molar-refractivity contribution < 1.29 is 14.4 Å². The van der Waals surface area contributed by atoms with E-state index in [0.29, 0.717) is 17.0 Å². The zero-order valence-corrected chi connectivity index (χ0v) is 13.2. The Kier molecular flexibility index (Phi) is 3.53. The predicted molar refractivity (Wildman–Crippen MR) is 89.7 cm³/mol. The number of hydrogen-bond acceptors (Lipinski definition) is 4. The Morgan fingerprint density at radius 2 is 1.64 bits per heavy atom. The Morgan fingerprint density at radius 1 is 1.00 bits per heavy atom. The Hall–Kier alpha value is -3.48. The summed E-state index contributed by atoms with van der Waals surface area (Å²) in [4.78, 5) is 45.0. The zero-order valence-electron chi connectivity index (χ0n) is 13.2. The molecule has 0 radical (unpaired) electrons. The number of para-hydroxylation sites is 2. The minimum absolute atomic E-state index is 0.191. The molecule has 1 aromatic heterocycles. The van der Waals surface area contributed by atoms with Gasteiger partial charge in [-0.25, -0.2) is 4.98 Å². The molecule has 0 spiro atoms. The van der Waals surface area contributed by atoms with Gasteiger partial charge in [0.25, 0.3) is 11.8 Å². The molecule has 3 amide bonds. The highest BCUT2D eigenvalue weighted by atomic mass is 16.2. The SMILES string of the molecule is O=C(CN1C(=O)c2ccccc2C1=O)NCc1nc2ccccc2[nH]1. The number of imide groups is 1. The summed E-state index contributed by atoms with van der Waals surface area (Å²) in [6, 6.07) is 14.1. The molecular formula is C18H14N4O3. The summed E-state index contributed by atoms with van der Waals surface area (Å²) < 4.78 is 0. The van der Waals surface area contributed by atoms with Crippen LogP contribution in [0.3, 0.4) is 0 Å². The van der Waals surface area contributed by atoms with Crippen LogP contribution in [0.4, 0.5) is 0 Å². The second-order valence-electron chi connectivity index (χ2n) is 5.72. The molecule has 25 heavy (non-hydrogen) atoms. The third-order valence-corrected chi connectivity index (χ3v) is 4.07. The topological polar surface area (TPSA) is 95.2 Å². The number of benzene rings is 2. The molecule has 0 atom stereocenters. The third-order valence-electron chi connectivity index (χ3n) is 4.07. The molecule has 7 nitrogen and oxygen atoms in total. The van der Waals surface area contributed by atoms with Crippen LogP contribution in [0.2, 0.25) is 0 Å². The molecule has 7 heteroatoms. The Morgan fingerprint density at radius 3 is 2.32 bits per heavy atom. The second-order valence-corrected chi connectivity index (χ2v) is 5.72. The van der Waals surface area contributed by atoms with Gasteiger partial charge in [0.2, 0.25) is 5.91 Å². The molecule has 2 heterocycles. The number of aromatic amines is 1. The number of hydrogen-bond donors (Lipinski definition) is 2. The highest BCUT2D eigenvalue weighted by molar-refractivity contribution is 6.22. The van der Waals surface area contributed by atoms with Gasteiger partial charge in [0.15, 0.2) is 0 Å². The summed E-state index contributed by atoms with van der Waals surface area (Å²) in [6.07, 6.45) is 0. The van der Waals surface area contributed by atoms with E-state index < -0.39 is 17.7 Å². The number of nitrogens with zero attached hydrogens (tertiary/aromatic N) is 2. The number of H-pyrrole nitrogens is 1. The van der Waals surface area contributed by atoms with Crippen LogP contribution in [0.5, 0.6) is 0 Å². The van der Waals surface area contributed by atoms with Crippen molar-refractivity contribution in [3.8, 4) is 0 Å². The Labute approximate surface area is 142 Å². The van der Waals surface area contributed by atoms with E-state index in [2.05, 4.69) is 15.3 Å². The summed E-state index contributed by atoms with van der Waals surface area (Å²) >= 11 is 0. The average molecular weight is 334 g/mol. The van der Waals surface area contributed by atoms with Crippen molar-refractivity contribution in [1.29, 1.82) is 0 Å². The fourth-order valence-corrected chi connectivity index (χ4v) is 2.85. The lowest BCUT2D eigenvalue weighted by molar-refractivity contribution is -0.121. The summed E-state index contributed by atoms with van der Waals surface area (Å²) in [5, 5.41) is 2.68. The molecule has 124 valence electrons. The highest BCUT2D eigenvalue weighted by Gasteiger charge is 2.36. The number of amides is 3. The Bertz CT molecular complexity index is 940. The third kappa shape index (κ3) is 2.65. The first-order valence-electron chi connectivity index (χ1n) is 7.79. The molecule has 1 aliphatic heterocycles. The molecule has 2 N–H and O–H groups in total. The van der Waals surface area contributed by atoms with Gasteiger partial charge in [0.05, 0.1) is 28.7 Å². The quantitative estimate of drug-likeness (QED) is 0.707. The van der Waals surface area contributed by atoms with Gasteiger partial charge in [-0.1, -0.05) is 24.3 Å². The molecule has 0 saturated carbocycles. The van der Waals surface area contributed by atoms with Crippen LogP contribution in [-0.4, -0.2) is 39.1 Å². The van der Waals surface area contributed by atoms with Crippen LogP contribution in [-0.2, 0) is 11.3 Å². The van der Waals surface area contributed by atoms with E-state index in [1.54, 1.807) is 24.3 Å². The maximum atomic E-state index is 12.2. The number of fused-ring (bicyclic) bond motifs is 2. The van der Waals surface area contributed by atoms with Crippen LogP contribution in [0.15, 0.2) is 48.5 Å². The molecule has 1 aliphatic rings. The molecule has 4 rings (SSSR count). The summed E-state index contributed by atoms with van der Waals surface area (Å²) in [7, 11) is 0. The fourth-order valence-electron chi connectivity index (χ4n) is 2.85. The maximum absolute atomic E-state index is 12.2. The summed E-state index contributed by atoms with van der Waals surface area (Å²) in [5.74, 6) is -0.703. The lowest BCUT2D eigenvalue weighted by Crippen LogP contribution is -2.40. The van der Waals surface area contributed by atoms with Crippen LogP contribution < -0.4 is 5.32 Å². The zero-order chi connectivity index (χ0) is 17.4. The van der Waals surface area contributed by atoms with E-state index in [4.69, 9.17) is 0 Å². The van der Waals surface area contributed by atoms with Gasteiger partial charge in [-0.15, -0.1) is 0 Å². The number of aromatic nitrogens is 2. The molecule has 0 saturated heterocycles. The number of nitrogens with one attached hydrogen (secondary N) is 2. The minimum atomic E-state index is -0.445. The number of carbonyl (C=O) groups excluding carboxylic acids is 3. The summed E-state index contributed by atoms with van der Waals surface area (Å²) in [5.41, 5.74) is 2.36. The molecule has 0 unspecified atom stereocenters. The van der Waals surface area contributed by atoms with E-state index in [1.165, 1.54) is 0 Å². The lowest BCUT2D eigenvalue weighted by atomic mass is 10.1. The van der Waals surface area contributed by atoms with Crippen molar-refractivity contribution in [3.05, 3.63) is 65.5 Å². The average Bonchev–Trinajstić information content (AvgIpc) is 3.15. The van der Waals surface area contributed by atoms with Gasteiger partial charge < -0.3 is 10.3 Å². The first kappa shape index (κ1) is 15.1. The second kappa shape index (κ2) is 5.86. The first-order chi connectivity index (χ1) is 12.1. The van der Waals surface area contributed by atoms with E-state index in [0.717, 1.165) is 15.9 Å². The highest BCUT2D eigenvalue weighted by Crippen LogP contribution is 2.21. The monoisotopic (exact) mass is 334 g/mol. The number of rotatable bonds is 4. The van der Waals surface area contributed by atoms with Gasteiger partial charge in [0.1, 0.15) is 12.4 Å². The van der Waals surface area contributed by atoms with E-state index in [9.17, 15) is 14.4 Å². The first-order valence-corrected chi connectivity index (χ1v) is 7.79. The fraction of sp³-hybridized carbons (Fsp3) is 0.111. The van der Waals surface area contributed by atoms with Gasteiger partial charge in [-0.2, -0.15) is 0 Å². The van der Waals surface area contributed by atoms with Crippen LogP contribution in [0.1, 0.15) is 26.5 Å². The lowest BCUT2D eigenvalue weighted by Gasteiger charge is -2.13. The van der Waals surface area contributed by atoms with Crippen molar-refractivity contribution in [1.82, 2.24) is 20.2 Å². The molecular weight excluding hydrogens is 320 g/mol. The molecule has 2 aromatic carbocycles. The van der Waals surface area contributed by atoms with E-state index >= 15 is 0 Å². The van der Waals surface area contributed by atoms with Crippen LogP contribution in [0.25, 0.3) is 11.0 Å². The molecule has 3 aromatic rings. The van der Waals surface area contributed by atoms with Crippen LogP contribution in [0, 0.1) is 0 Å². The molecule has 0 aliphatic carbocycles. The van der Waals surface area contributed by atoms with Gasteiger partial charge in [0, 0.05) is 0 Å². The van der Waals surface area contributed by atoms with Crippen molar-refractivity contribution in [2.24, 2.45) is 0 Å². The van der Waals surface area contributed by atoms with Crippen molar-refractivity contribution in [2.45, 2.75) is 6.54 Å². The number of imidazole rings is 1. The van der Waals surface area contributed by atoms with Gasteiger partial charge >= 0.3 is 0 Å². The number of carbonyl (C=O) groups is 3. The smallest absolute Gasteiger partial charge is 0.262 e. The Balaban J connectivity index is 1.41. The maximum Gasteiger partial charge on any atom is 0.262 e. The largest absolute Gasteiger partial charge is 0.347 e. The normalized spacial score (nSPS) is 13.4. The molecule has 0 fully saturated rings. The summed E-state index contributed by atoms with van der Waals surface area (Å²) in [6.45, 7) is -0.122.